The van der Waals surface area contributed by atoms with Crippen LogP contribution in [-0.4, -0.2) is 11.6 Å². The number of nitrogens with zero attached hydrogens (tertiary/aromatic N) is 1. The molecule has 1 aromatic carbocycles. The van der Waals surface area contributed by atoms with Crippen molar-refractivity contribution in [2.45, 2.75) is 64.7 Å². The van der Waals surface area contributed by atoms with Crippen molar-refractivity contribution in [2.75, 3.05) is 6.61 Å². The number of halogens is 1. The second kappa shape index (κ2) is 8.98. The van der Waals surface area contributed by atoms with E-state index in [2.05, 4.69) is 11.9 Å². The van der Waals surface area contributed by atoms with Crippen molar-refractivity contribution in [2.24, 2.45) is 0 Å². The predicted octanol–water partition coefficient (Wildman–Crippen LogP) is 6.12. The molecule has 134 valence electrons. The van der Waals surface area contributed by atoms with Crippen LogP contribution in [0.3, 0.4) is 0 Å². The van der Waals surface area contributed by atoms with E-state index in [1.807, 2.05) is 18.2 Å². The van der Waals surface area contributed by atoms with Crippen LogP contribution in [0, 0.1) is 5.82 Å². The molecule has 2 nitrogen and oxygen atoms in total. The Kier molecular flexibility index (Phi) is 6.43. The minimum absolute atomic E-state index is 0.109. The first-order chi connectivity index (χ1) is 12.3. The van der Waals surface area contributed by atoms with E-state index in [0.29, 0.717) is 12.3 Å². The molecule has 0 spiro atoms. The number of fused-ring (bicyclic) bond motifs is 3. The summed E-state index contributed by atoms with van der Waals surface area (Å²) in [6.07, 6.45) is 10.4. The van der Waals surface area contributed by atoms with E-state index >= 15 is 0 Å². The molecule has 0 radical (unpaired) electrons. The fourth-order valence-corrected chi connectivity index (χ4v) is 3.54. The molecular formula is C22H28FNO. The van der Waals surface area contributed by atoms with Gasteiger partial charge in [-0.2, -0.15) is 0 Å². The minimum Gasteiger partial charge on any atom is -0.478 e. The normalized spacial score (nSPS) is 12.6. The Labute approximate surface area is 150 Å². The third kappa shape index (κ3) is 4.59. The predicted molar refractivity (Wildman–Crippen MR) is 101 cm³/mol. The van der Waals surface area contributed by atoms with E-state index in [9.17, 15) is 4.39 Å². The van der Waals surface area contributed by atoms with Gasteiger partial charge in [0.25, 0.3) is 0 Å². The first-order valence-electron chi connectivity index (χ1n) is 9.70. The number of unbranched alkanes of at least 4 members (excludes halogenated alkanes) is 6. The van der Waals surface area contributed by atoms with Crippen molar-refractivity contribution >= 4 is 0 Å². The highest BCUT2D eigenvalue weighted by Gasteiger charge is 2.20. The maximum absolute atomic E-state index is 13.9. The minimum atomic E-state index is -0.109. The lowest BCUT2D eigenvalue weighted by atomic mass is 9.88. The molecule has 0 aliphatic heterocycles. The van der Waals surface area contributed by atoms with Gasteiger partial charge in [-0.15, -0.1) is 0 Å². The van der Waals surface area contributed by atoms with Crippen molar-refractivity contribution < 1.29 is 9.13 Å². The summed E-state index contributed by atoms with van der Waals surface area (Å²) in [7, 11) is 0. The number of aromatic nitrogens is 1. The van der Waals surface area contributed by atoms with Gasteiger partial charge < -0.3 is 4.74 Å². The van der Waals surface area contributed by atoms with Gasteiger partial charge in [0.1, 0.15) is 5.82 Å². The number of rotatable bonds is 9. The van der Waals surface area contributed by atoms with Crippen LogP contribution in [0.25, 0.3) is 11.1 Å². The smallest absolute Gasteiger partial charge is 0.213 e. The molecule has 0 N–H and O–H groups in total. The Balaban J connectivity index is 1.51. The third-order valence-electron chi connectivity index (χ3n) is 4.97. The van der Waals surface area contributed by atoms with Gasteiger partial charge >= 0.3 is 0 Å². The summed E-state index contributed by atoms with van der Waals surface area (Å²) >= 11 is 0. The molecule has 0 saturated carbocycles. The molecule has 0 unspecified atom stereocenters. The van der Waals surface area contributed by atoms with Crippen LogP contribution in [0.2, 0.25) is 0 Å². The van der Waals surface area contributed by atoms with Gasteiger partial charge in [0.2, 0.25) is 5.88 Å². The second-order valence-electron chi connectivity index (χ2n) is 6.88. The summed E-state index contributed by atoms with van der Waals surface area (Å²) in [5.74, 6) is 0.590. The molecule has 1 aliphatic rings. The van der Waals surface area contributed by atoms with Crippen LogP contribution >= 0.6 is 0 Å². The molecule has 0 fully saturated rings. The number of hydrogen-bond donors (Lipinski definition) is 0. The van der Waals surface area contributed by atoms with E-state index in [1.165, 1.54) is 44.6 Å². The van der Waals surface area contributed by atoms with E-state index < -0.39 is 0 Å². The number of aryl methyl sites for hydroxylation is 1. The number of ether oxygens (including phenoxy) is 1. The largest absolute Gasteiger partial charge is 0.478 e. The Bertz CT molecular complexity index is 698. The molecule has 2 aromatic rings. The molecular weight excluding hydrogens is 313 g/mol. The van der Waals surface area contributed by atoms with Crippen LogP contribution in [0.4, 0.5) is 4.39 Å². The van der Waals surface area contributed by atoms with E-state index in [0.717, 1.165) is 41.8 Å². The summed E-state index contributed by atoms with van der Waals surface area (Å²) in [5.41, 5.74) is 3.86. The number of benzene rings is 1. The fourth-order valence-electron chi connectivity index (χ4n) is 3.54. The zero-order valence-corrected chi connectivity index (χ0v) is 15.2. The van der Waals surface area contributed by atoms with Crippen molar-refractivity contribution in [1.82, 2.24) is 4.98 Å². The van der Waals surface area contributed by atoms with Crippen molar-refractivity contribution in [1.29, 1.82) is 0 Å². The quantitative estimate of drug-likeness (QED) is 0.513. The Morgan fingerprint density at radius 3 is 2.56 bits per heavy atom. The Morgan fingerprint density at radius 2 is 1.72 bits per heavy atom. The lowest BCUT2D eigenvalue weighted by Crippen LogP contribution is -2.09. The monoisotopic (exact) mass is 341 g/mol. The molecule has 0 amide bonds. The van der Waals surface area contributed by atoms with E-state index in [-0.39, 0.29) is 5.82 Å². The van der Waals surface area contributed by atoms with Gasteiger partial charge in [-0.3, -0.25) is 0 Å². The highest BCUT2D eigenvalue weighted by molar-refractivity contribution is 5.72. The molecule has 1 aromatic heterocycles. The van der Waals surface area contributed by atoms with Gasteiger partial charge in [0.05, 0.1) is 12.3 Å². The molecule has 1 heterocycles. The Hall–Kier alpha value is -1.90. The lowest BCUT2D eigenvalue weighted by Gasteiger charge is -2.20. The topological polar surface area (TPSA) is 22.1 Å². The molecule has 1 aliphatic carbocycles. The zero-order chi connectivity index (χ0) is 17.5. The van der Waals surface area contributed by atoms with Crippen molar-refractivity contribution in [3.05, 3.63) is 47.4 Å². The number of hydrogen-bond acceptors (Lipinski definition) is 2. The summed E-state index contributed by atoms with van der Waals surface area (Å²) < 4.78 is 19.8. The molecule has 0 atom stereocenters. The van der Waals surface area contributed by atoms with Gasteiger partial charge in [-0.05, 0) is 42.5 Å². The van der Waals surface area contributed by atoms with E-state index in [1.54, 1.807) is 6.07 Å². The lowest BCUT2D eigenvalue weighted by molar-refractivity contribution is 0.292. The fraction of sp³-hybridized carbons (Fsp3) is 0.500. The average molecular weight is 341 g/mol. The highest BCUT2D eigenvalue weighted by atomic mass is 19.1. The summed E-state index contributed by atoms with van der Waals surface area (Å²) in [6, 6.07) is 9.24. The van der Waals surface area contributed by atoms with E-state index in [4.69, 9.17) is 4.74 Å². The van der Waals surface area contributed by atoms with Gasteiger partial charge in [-0.25, -0.2) is 9.37 Å². The van der Waals surface area contributed by atoms with Gasteiger partial charge in [0, 0.05) is 11.6 Å². The van der Waals surface area contributed by atoms with Crippen molar-refractivity contribution in [3.63, 3.8) is 0 Å². The van der Waals surface area contributed by atoms with Gasteiger partial charge in [0.15, 0.2) is 0 Å². The maximum Gasteiger partial charge on any atom is 0.213 e. The second-order valence-corrected chi connectivity index (χ2v) is 6.88. The maximum atomic E-state index is 13.9. The highest BCUT2D eigenvalue weighted by Crippen LogP contribution is 2.34. The average Bonchev–Trinajstić information content (AvgIpc) is 2.64. The zero-order valence-electron chi connectivity index (χ0n) is 15.2. The van der Waals surface area contributed by atoms with Crippen LogP contribution in [0.1, 0.15) is 63.1 Å². The molecule has 0 saturated heterocycles. The summed E-state index contributed by atoms with van der Waals surface area (Å²) in [5, 5.41) is 0. The SMILES string of the molecule is CCCCCCCCCOc1ccc2c(n1)CCc1c(F)cccc1-2. The van der Waals surface area contributed by atoms with Crippen LogP contribution in [-0.2, 0) is 12.8 Å². The van der Waals surface area contributed by atoms with Crippen molar-refractivity contribution in [3.8, 4) is 17.0 Å². The summed E-state index contributed by atoms with van der Waals surface area (Å²) in [4.78, 5) is 4.66. The van der Waals surface area contributed by atoms with Crippen LogP contribution < -0.4 is 4.74 Å². The number of pyridine rings is 1. The van der Waals surface area contributed by atoms with Crippen LogP contribution in [0.15, 0.2) is 30.3 Å². The standard InChI is InChI=1S/C22H28FNO/c1-2-3-4-5-6-7-8-16-25-22-15-13-19-17-10-9-11-20(23)18(17)12-14-21(19)24-22/h9-11,13,15H,2-8,12,14,16H2,1H3. The molecule has 25 heavy (non-hydrogen) atoms. The van der Waals surface area contributed by atoms with Crippen LogP contribution in [0.5, 0.6) is 5.88 Å². The summed E-state index contributed by atoms with van der Waals surface area (Å²) in [6.45, 7) is 2.97. The molecule has 3 rings (SSSR count). The third-order valence-corrected chi connectivity index (χ3v) is 4.97. The first kappa shape index (κ1) is 17.9. The first-order valence-corrected chi connectivity index (χ1v) is 9.70. The molecule has 0 bridgehead atoms. The molecule has 3 heteroatoms. The Morgan fingerprint density at radius 1 is 0.920 bits per heavy atom. The van der Waals surface area contributed by atoms with Gasteiger partial charge in [-0.1, -0.05) is 57.6 Å².